The van der Waals surface area contributed by atoms with Crippen LogP contribution >= 0.6 is 34.7 Å². The second-order valence-corrected chi connectivity index (χ2v) is 6.99. The first-order valence-corrected chi connectivity index (χ1v) is 8.62. The van der Waals surface area contributed by atoms with E-state index in [1.54, 1.807) is 23.0 Å². The molecule has 2 aromatic heterocycles. The first-order chi connectivity index (χ1) is 11.1. The monoisotopic (exact) mass is 363 g/mol. The van der Waals surface area contributed by atoms with Crippen LogP contribution in [0.2, 0.25) is 5.02 Å². The minimum absolute atomic E-state index is 0.0364. The van der Waals surface area contributed by atoms with E-state index >= 15 is 0 Å². The molecule has 0 amide bonds. The normalized spacial score (nSPS) is 12.2. The second kappa shape index (κ2) is 6.58. The Morgan fingerprint density at radius 1 is 1.52 bits per heavy atom. The van der Waals surface area contributed by atoms with Crippen LogP contribution in [0.3, 0.4) is 0 Å². The maximum atomic E-state index is 10.3. The van der Waals surface area contributed by atoms with Gasteiger partial charge in [0.2, 0.25) is 0 Å². The second-order valence-electron chi connectivity index (χ2n) is 4.58. The predicted octanol–water partition coefficient (Wildman–Crippen LogP) is 3.66. The molecule has 0 radical (unpaired) electrons. The number of thioether (sulfide) groups is 1. The molecule has 0 spiro atoms. The van der Waals surface area contributed by atoms with Gasteiger partial charge < -0.3 is 9.67 Å². The number of aliphatic hydroxyl groups excluding tert-OH is 1. The quantitative estimate of drug-likeness (QED) is 0.432. The molecule has 3 aromatic rings. The van der Waals surface area contributed by atoms with Crippen LogP contribution in [0.4, 0.5) is 0 Å². The summed E-state index contributed by atoms with van der Waals surface area (Å²) in [5, 5.41) is 29.0. The lowest BCUT2D eigenvalue weighted by atomic mass is 10.2. The topological polar surface area (TPSA) is 87.6 Å². The van der Waals surface area contributed by atoms with Crippen molar-refractivity contribution in [3.05, 3.63) is 40.3 Å². The van der Waals surface area contributed by atoms with E-state index in [9.17, 15) is 10.4 Å². The van der Waals surface area contributed by atoms with E-state index in [-0.39, 0.29) is 17.1 Å². The molecule has 116 valence electrons. The lowest BCUT2D eigenvalue weighted by molar-refractivity contribution is 0.420. The van der Waals surface area contributed by atoms with Crippen molar-refractivity contribution >= 4 is 50.5 Å². The van der Waals surface area contributed by atoms with Gasteiger partial charge in [-0.05, 0) is 18.2 Å². The number of thiazole rings is 1. The Morgan fingerprint density at radius 2 is 2.35 bits per heavy atom. The molecule has 0 aliphatic heterocycles. The highest BCUT2D eigenvalue weighted by atomic mass is 35.5. The Balaban J connectivity index is 1.90. The van der Waals surface area contributed by atoms with Crippen LogP contribution in [0.25, 0.3) is 15.8 Å². The first kappa shape index (κ1) is 15.8. The molecule has 0 saturated carbocycles. The Kier molecular flexibility index (Phi) is 4.52. The predicted molar refractivity (Wildman–Crippen MR) is 91.5 cm³/mol. The molecule has 0 fully saturated rings. The van der Waals surface area contributed by atoms with E-state index in [1.165, 1.54) is 23.1 Å². The number of nitriles is 1. The van der Waals surface area contributed by atoms with Gasteiger partial charge in [0.25, 0.3) is 0 Å². The van der Waals surface area contributed by atoms with E-state index in [0.29, 0.717) is 20.7 Å². The molecule has 0 bridgehead atoms. The van der Waals surface area contributed by atoms with Crippen LogP contribution in [0.1, 0.15) is 5.01 Å². The number of aliphatic hydroxyl groups is 1. The van der Waals surface area contributed by atoms with Gasteiger partial charge in [0.1, 0.15) is 28.7 Å². The van der Waals surface area contributed by atoms with Gasteiger partial charge in [-0.25, -0.2) is 4.98 Å². The van der Waals surface area contributed by atoms with Gasteiger partial charge in [-0.15, -0.1) is 21.5 Å². The fourth-order valence-electron chi connectivity index (χ4n) is 1.85. The molecule has 3 rings (SSSR count). The summed E-state index contributed by atoms with van der Waals surface area (Å²) in [7, 11) is 1.81. The van der Waals surface area contributed by atoms with Crippen molar-refractivity contribution in [2.24, 2.45) is 7.05 Å². The van der Waals surface area contributed by atoms with Crippen molar-refractivity contribution in [1.82, 2.24) is 19.7 Å². The Labute approximate surface area is 145 Å². The Morgan fingerprint density at radius 3 is 3.04 bits per heavy atom. The third kappa shape index (κ3) is 3.32. The molecule has 23 heavy (non-hydrogen) atoms. The van der Waals surface area contributed by atoms with Gasteiger partial charge in [-0.1, -0.05) is 23.4 Å². The fourth-order valence-corrected chi connectivity index (χ4v) is 3.75. The molecule has 0 aliphatic rings. The molecular weight excluding hydrogens is 354 g/mol. The maximum Gasteiger partial charge on any atom is 0.191 e. The standard InChI is InChI=1S/C14H10ClN5OS2/c1-20-7-17-19-14(20)22-6-11(21)9(5-16)13-18-10-4-8(15)2-3-12(10)23-13/h2-4,7,21H,6H2,1H3/b11-9-. The summed E-state index contributed by atoms with van der Waals surface area (Å²) in [6.07, 6.45) is 1.57. The summed E-state index contributed by atoms with van der Waals surface area (Å²) in [5.41, 5.74) is 0.871. The number of fused-ring (bicyclic) bond motifs is 1. The van der Waals surface area contributed by atoms with Crippen molar-refractivity contribution in [2.45, 2.75) is 5.16 Å². The number of aromatic nitrogens is 4. The minimum Gasteiger partial charge on any atom is -0.510 e. The number of hydrogen-bond donors (Lipinski definition) is 1. The summed E-state index contributed by atoms with van der Waals surface area (Å²) < 4.78 is 2.65. The summed E-state index contributed by atoms with van der Waals surface area (Å²) in [6, 6.07) is 7.38. The summed E-state index contributed by atoms with van der Waals surface area (Å²) in [6.45, 7) is 0. The van der Waals surface area contributed by atoms with Crippen molar-refractivity contribution in [3.63, 3.8) is 0 Å². The van der Waals surface area contributed by atoms with E-state index in [2.05, 4.69) is 15.2 Å². The summed E-state index contributed by atoms with van der Waals surface area (Å²) >= 11 is 8.58. The molecule has 0 saturated heterocycles. The average molecular weight is 364 g/mol. The SMILES string of the molecule is Cn1cnnc1SC/C(O)=C(\C#N)c1nc2cc(Cl)ccc2s1. The molecule has 0 unspecified atom stereocenters. The lowest BCUT2D eigenvalue weighted by Gasteiger charge is -2.02. The number of aryl methyl sites for hydroxylation is 1. The zero-order valence-corrected chi connectivity index (χ0v) is 14.3. The van der Waals surface area contributed by atoms with Crippen molar-refractivity contribution in [2.75, 3.05) is 5.75 Å². The highest BCUT2D eigenvalue weighted by molar-refractivity contribution is 7.99. The van der Waals surface area contributed by atoms with E-state index < -0.39 is 0 Å². The third-order valence-electron chi connectivity index (χ3n) is 2.97. The number of benzene rings is 1. The number of hydrogen-bond acceptors (Lipinski definition) is 7. The largest absolute Gasteiger partial charge is 0.510 e. The van der Waals surface area contributed by atoms with Gasteiger partial charge in [-0.3, -0.25) is 0 Å². The van der Waals surface area contributed by atoms with Crippen molar-refractivity contribution in [3.8, 4) is 6.07 Å². The fraction of sp³-hybridized carbons (Fsp3) is 0.143. The summed E-state index contributed by atoms with van der Waals surface area (Å²) in [4.78, 5) is 4.38. The number of rotatable bonds is 4. The van der Waals surface area contributed by atoms with Crippen LogP contribution in [-0.4, -0.2) is 30.6 Å². The Hall–Kier alpha value is -2.08. The number of halogens is 1. The molecule has 2 heterocycles. The Bertz CT molecular complexity index is 940. The zero-order chi connectivity index (χ0) is 16.4. The van der Waals surface area contributed by atoms with Crippen LogP contribution in [-0.2, 0) is 7.05 Å². The lowest BCUT2D eigenvalue weighted by Crippen LogP contribution is -1.95. The molecule has 1 aromatic carbocycles. The van der Waals surface area contributed by atoms with Gasteiger partial charge in [0, 0.05) is 12.1 Å². The van der Waals surface area contributed by atoms with Gasteiger partial charge in [0.05, 0.1) is 16.0 Å². The highest BCUT2D eigenvalue weighted by Crippen LogP contribution is 2.31. The molecule has 0 atom stereocenters. The molecule has 9 heteroatoms. The van der Waals surface area contributed by atoms with E-state index in [1.807, 2.05) is 19.2 Å². The highest BCUT2D eigenvalue weighted by Gasteiger charge is 2.15. The van der Waals surface area contributed by atoms with Gasteiger partial charge >= 0.3 is 0 Å². The van der Waals surface area contributed by atoms with Crippen molar-refractivity contribution < 1.29 is 5.11 Å². The first-order valence-electron chi connectivity index (χ1n) is 6.44. The smallest absolute Gasteiger partial charge is 0.191 e. The third-order valence-corrected chi connectivity index (χ3v) is 5.31. The number of allylic oxidation sites excluding steroid dienone is 1. The van der Waals surface area contributed by atoms with Gasteiger partial charge in [0.15, 0.2) is 5.16 Å². The van der Waals surface area contributed by atoms with Crippen LogP contribution in [0.5, 0.6) is 0 Å². The van der Waals surface area contributed by atoms with Crippen molar-refractivity contribution in [1.29, 1.82) is 5.26 Å². The summed E-state index contributed by atoms with van der Waals surface area (Å²) in [5.74, 6) is 0.178. The van der Waals surface area contributed by atoms with E-state index in [4.69, 9.17) is 11.6 Å². The molecule has 1 N–H and O–H groups in total. The van der Waals surface area contributed by atoms with Crippen LogP contribution in [0.15, 0.2) is 35.4 Å². The van der Waals surface area contributed by atoms with Crippen LogP contribution < -0.4 is 0 Å². The molecule has 0 aliphatic carbocycles. The molecular formula is C14H10ClN5OS2. The van der Waals surface area contributed by atoms with Crippen LogP contribution in [0, 0.1) is 11.3 Å². The minimum atomic E-state index is -0.0364. The maximum absolute atomic E-state index is 10.3. The van der Waals surface area contributed by atoms with E-state index in [0.717, 1.165) is 4.70 Å². The molecule has 6 nitrogen and oxygen atoms in total. The number of nitrogens with zero attached hydrogens (tertiary/aromatic N) is 5. The van der Waals surface area contributed by atoms with Gasteiger partial charge in [-0.2, -0.15) is 5.26 Å². The zero-order valence-electron chi connectivity index (χ0n) is 11.9. The average Bonchev–Trinajstić information content (AvgIpc) is 3.11.